The van der Waals surface area contributed by atoms with Gasteiger partial charge in [-0.25, -0.2) is 0 Å². The molecule has 0 unspecified atom stereocenters. The number of amides is 1. The van der Waals surface area contributed by atoms with Gasteiger partial charge in [0.2, 0.25) is 11.8 Å². The van der Waals surface area contributed by atoms with Crippen molar-refractivity contribution in [1.29, 1.82) is 0 Å². The van der Waals surface area contributed by atoms with E-state index < -0.39 is 4.92 Å². The smallest absolute Gasteiger partial charge is 0.277 e. The lowest BCUT2D eigenvalue weighted by atomic mass is 10.1. The van der Waals surface area contributed by atoms with Crippen molar-refractivity contribution in [3.8, 4) is 11.5 Å². The third-order valence-electron chi connectivity index (χ3n) is 4.04. The van der Waals surface area contributed by atoms with Crippen LogP contribution in [-0.4, -0.2) is 26.8 Å². The van der Waals surface area contributed by atoms with Crippen LogP contribution < -0.4 is 5.32 Å². The number of aromatic nitrogens is 2. The molecule has 1 aromatic heterocycles. The molecule has 1 amide bonds. The summed E-state index contributed by atoms with van der Waals surface area (Å²) in [6.07, 6.45) is 0.820. The fourth-order valence-electron chi connectivity index (χ4n) is 2.64. The predicted molar refractivity (Wildman–Crippen MR) is 106 cm³/mol. The first-order valence-electron chi connectivity index (χ1n) is 8.57. The number of anilines is 1. The number of nitro groups is 1. The van der Waals surface area contributed by atoms with Crippen LogP contribution in [0.2, 0.25) is 0 Å². The van der Waals surface area contributed by atoms with E-state index in [-0.39, 0.29) is 28.5 Å². The first-order chi connectivity index (χ1) is 13.5. The van der Waals surface area contributed by atoms with Gasteiger partial charge in [0, 0.05) is 23.4 Å². The fraction of sp³-hybridized carbons (Fsp3) is 0.211. The summed E-state index contributed by atoms with van der Waals surface area (Å²) in [5.74, 6) is 0.0940. The van der Waals surface area contributed by atoms with Gasteiger partial charge in [-0.3, -0.25) is 14.9 Å². The van der Waals surface area contributed by atoms with Gasteiger partial charge in [-0.05, 0) is 30.5 Å². The summed E-state index contributed by atoms with van der Waals surface area (Å²) in [5.41, 5.74) is 3.30. The minimum Gasteiger partial charge on any atom is -0.411 e. The van der Waals surface area contributed by atoms with E-state index >= 15 is 0 Å². The summed E-state index contributed by atoms with van der Waals surface area (Å²) in [6, 6.07) is 11.8. The van der Waals surface area contributed by atoms with Gasteiger partial charge < -0.3 is 9.73 Å². The number of para-hydroxylation sites is 1. The van der Waals surface area contributed by atoms with Gasteiger partial charge >= 0.3 is 0 Å². The summed E-state index contributed by atoms with van der Waals surface area (Å²) in [5, 5.41) is 21.8. The van der Waals surface area contributed by atoms with Gasteiger partial charge in [0.25, 0.3) is 10.9 Å². The third-order valence-corrected chi connectivity index (χ3v) is 4.86. The lowest BCUT2D eigenvalue weighted by Gasteiger charge is -2.12. The highest BCUT2D eigenvalue weighted by Gasteiger charge is 2.15. The maximum Gasteiger partial charge on any atom is 0.277 e. The van der Waals surface area contributed by atoms with Gasteiger partial charge in [-0.15, -0.1) is 10.2 Å². The number of hydrogen-bond acceptors (Lipinski definition) is 7. The van der Waals surface area contributed by atoms with Crippen LogP contribution >= 0.6 is 11.8 Å². The molecule has 0 radical (unpaired) electrons. The minimum atomic E-state index is -0.490. The molecule has 0 aliphatic heterocycles. The number of thioether (sulfide) groups is 1. The first-order valence-corrected chi connectivity index (χ1v) is 9.56. The van der Waals surface area contributed by atoms with Crippen LogP contribution in [0.3, 0.4) is 0 Å². The second-order valence-electron chi connectivity index (χ2n) is 5.98. The maximum atomic E-state index is 12.3. The molecular formula is C19H18N4O4S. The van der Waals surface area contributed by atoms with Crippen LogP contribution in [0.15, 0.2) is 52.1 Å². The van der Waals surface area contributed by atoms with E-state index in [9.17, 15) is 14.9 Å². The molecule has 1 N–H and O–H groups in total. The molecule has 144 valence electrons. The fourth-order valence-corrected chi connectivity index (χ4v) is 3.21. The molecule has 3 rings (SSSR count). The summed E-state index contributed by atoms with van der Waals surface area (Å²) in [4.78, 5) is 22.7. The van der Waals surface area contributed by atoms with Crippen LogP contribution in [-0.2, 0) is 11.2 Å². The highest BCUT2D eigenvalue weighted by molar-refractivity contribution is 7.99. The monoisotopic (exact) mass is 398 g/mol. The van der Waals surface area contributed by atoms with E-state index in [2.05, 4.69) is 15.5 Å². The van der Waals surface area contributed by atoms with Crippen LogP contribution in [0.25, 0.3) is 11.5 Å². The van der Waals surface area contributed by atoms with E-state index in [1.165, 1.54) is 12.1 Å². The Kier molecular flexibility index (Phi) is 6.05. The summed E-state index contributed by atoms with van der Waals surface area (Å²) < 4.78 is 5.51. The molecule has 9 heteroatoms. The van der Waals surface area contributed by atoms with E-state index in [0.29, 0.717) is 5.56 Å². The molecule has 0 fully saturated rings. The number of rotatable bonds is 7. The van der Waals surface area contributed by atoms with Crippen molar-refractivity contribution in [3.05, 3.63) is 63.7 Å². The van der Waals surface area contributed by atoms with Crippen LogP contribution in [0, 0.1) is 17.0 Å². The van der Waals surface area contributed by atoms with Crippen molar-refractivity contribution in [1.82, 2.24) is 10.2 Å². The second kappa shape index (κ2) is 8.66. The topological polar surface area (TPSA) is 111 Å². The van der Waals surface area contributed by atoms with Gasteiger partial charge in [0.05, 0.1) is 10.7 Å². The Bertz CT molecular complexity index is 1020. The number of non-ortho nitro benzene ring substituents is 1. The Hall–Kier alpha value is -3.20. The quantitative estimate of drug-likeness (QED) is 0.360. The number of carbonyl (C=O) groups is 1. The lowest BCUT2D eigenvalue weighted by molar-refractivity contribution is -0.384. The third kappa shape index (κ3) is 4.55. The van der Waals surface area contributed by atoms with Crippen molar-refractivity contribution in [2.75, 3.05) is 11.1 Å². The van der Waals surface area contributed by atoms with Crippen molar-refractivity contribution >= 4 is 29.0 Å². The minimum absolute atomic E-state index is 0.0609. The molecule has 1 heterocycles. The standard InChI is InChI=1S/C19H18N4O4S/c1-3-13-7-4-6-12(2)17(13)20-16(24)11-28-19-22-21-18(27-19)14-8-5-9-15(10-14)23(25)26/h4-10H,3,11H2,1-2H3,(H,20,24). The SMILES string of the molecule is CCc1cccc(C)c1NC(=O)CSc1nnc(-c2cccc([N+](=O)[O-])c2)o1. The van der Waals surface area contributed by atoms with E-state index in [1.807, 2.05) is 32.0 Å². The summed E-state index contributed by atoms with van der Waals surface area (Å²) >= 11 is 1.11. The van der Waals surface area contributed by atoms with Crippen molar-refractivity contribution in [2.45, 2.75) is 25.5 Å². The molecule has 0 aliphatic rings. The number of nitrogens with zero attached hydrogens (tertiary/aromatic N) is 3. The van der Waals surface area contributed by atoms with Crippen molar-refractivity contribution in [2.24, 2.45) is 0 Å². The molecule has 0 aliphatic carbocycles. The zero-order valence-electron chi connectivity index (χ0n) is 15.3. The molecule has 0 atom stereocenters. The molecule has 8 nitrogen and oxygen atoms in total. The number of benzene rings is 2. The highest BCUT2D eigenvalue weighted by atomic mass is 32.2. The second-order valence-corrected chi connectivity index (χ2v) is 6.91. The van der Waals surface area contributed by atoms with E-state index in [4.69, 9.17) is 4.42 Å². The summed E-state index contributed by atoms with van der Waals surface area (Å²) in [6.45, 7) is 3.98. The number of carbonyl (C=O) groups excluding carboxylic acids is 1. The van der Waals surface area contributed by atoms with Crippen LogP contribution in [0.4, 0.5) is 11.4 Å². The maximum absolute atomic E-state index is 12.3. The van der Waals surface area contributed by atoms with Gasteiger partial charge in [0.15, 0.2) is 0 Å². The summed E-state index contributed by atoms with van der Waals surface area (Å²) in [7, 11) is 0. The van der Waals surface area contributed by atoms with Gasteiger partial charge in [-0.1, -0.05) is 43.0 Å². The normalized spacial score (nSPS) is 10.6. The van der Waals surface area contributed by atoms with E-state index in [1.54, 1.807) is 12.1 Å². The molecule has 3 aromatic rings. The average molecular weight is 398 g/mol. The molecule has 0 saturated carbocycles. The van der Waals surface area contributed by atoms with Gasteiger partial charge in [0.1, 0.15) is 0 Å². The Morgan fingerprint density at radius 3 is 2.79 bits per heavy atom. The Morgan fingerprint density at radius 2 is 2.04 bits per heavy atom. The van der Waals surface area contributed by atoms with Crippen molar-refractivity contribution < 1.29 is 14.1 Å². The number of aryl methyl sites for hydroxylation is 2. The molecule has 28 heavy (non-hydrogen) atoms. The number of hydrogen-bond donors (Lipinski definition) is 1. The Morgan fingerprint density at radius 1 is 1.25 bits per heavy atom. The lowest BCUT2D eigenvalue weighted by Crippen LogP contribution is -2.16. The van der Waals surface area contributed by atoms with Crippen molar-refractivity contribution in [3.63, 3.8) is 0 Å². The number of nitrogens with one attached hydrogen (secondary N) is 1. The molecule has 0 saturated heterocycles. The predicted octanol–water partition coefficient (Wildman–Crippen LogP) is 4.25. The first kappa shape index (κ1) is 19.6. The molecular weight excluding hydrogens is 380 g/mol. The van der Waals surface area contributed by atoms with E-state index in [0.717, 1.165) is 35.0 Å². The van der Waals surface area contributed by atoms with Gasteiger partial charge in [-0.2, -0.15) is 0 Å². The molecule has 0 spiro atoms. The highest BCUT2D eigenvalue weighted by Crippen LogP contribution is 2.26. The van der Waals surface area contributed by atoms with Crippen LogP contribution in [0.1, 0.15) is 18.1 Å². The molecule has 0 bridgehead atoms. The average Bonchev–Trinajstić information content (AvgIpc) is 3.17. The Balaban J connectivity index is 1.64. The molecule has 2 aromatic carbocycles. The largest absolute Gasteiger partial charge is 0.411 e. The Labute approximate surface area is 165 Å². The van der Waals surface area contributed by atoms with Crippen LogP contribution in [0.5, 0.6) is 0 Å². The zero-order chi connectivity index (χ0) is 20.1. The number of nitro benzene ring substituents is 1. The zero-order valence-corrected chi connectivity index (χ0v) is 16.2.